The number of anilines is 1. The summed E-state index contributed by atoms with van der Waals surface area (Å²) in [5.41, 5.74) is 2.44. The summed E-state index contributed by atoms with van der Waals surface area (Å²) in [6, 6.07) is 8.80. The fraction of sp³-hybridized carbons (Fsp3) is 0.188. The third kappa shape index (κ3) is 2.90. The van der Waals surface area contributed by atoms with Gasteiger partial charge in [0.2, 0.25) is 0 Å². The zero-order valence-corrected chi connectivity index (χ0v) is 14.1. The van der Waals surface area contributed by atoms with Crippen LogP contribution in [0.5, 0.6) is 0 Å². The number of amides is 1. The number of nitrogens with zero attached hydrogens (tertiary/aromatic N) is 3. The van der Waals surface area contributed by atoms with Crippen molar-refractivity contribution in [3.63, 3.8) is 0 Å². The largest absolute Gasteiger partial charge is 0.337 e. The summed E-state index contributed by atoms with van der Waals surface area (Å²) in [7, 11) is 0. The van der Waals surface area contributed by atoms with Crippen LogP contribution in [0.25, 0.3) is 10.9 Å². The van der Waals surface area contributed by atoms with Crippen LogP contribution >= 0.6 is 23.2 Å². The standard InChI is InChI=1S/C16H14Cl2N4O/c1-3-22-12-5-4-10(17)8-11(12)9(2)15(22)16(23)19-14-7-6-13(18)20-21-14/h4-8H,3H2,1-2H3,(H,19,21,23). The second-order valence-corrected chi connectivity index (χ2v) is 5.90. The average molecular weight is 349 g/mol. The Balaban J connectivity index is 2.06. The average Bonchev–Trinajstić information content (AvgIpc) is 2.81. The number of hydrogen-bond acceptors (Lipinski definition) is 3. The van der Waals surface area contributed by atoms with Crippen molar-refractivity contribution in [2.75, 3.05) is 5.32 Å². The zero-order valence-electron chi connectivity index (χ0n) is 12.6. The van der Waals surface area contributed by atoms with E-state index in [-0.39, 0.29) is 11.1 Å². The number of aryl methyl sites for hydroxylation is 2. The molecule has 23 heavy (non-hydrogen) atoms. The maximum Gasteiger partial charge on any atom is 0.273 e. The predicted octanol–water partition coefficient (Wildman–Crippen LogP) is 4.32. The summed E-state index contributed by atoms with van der Waals surface area (Å²) < 4.78 is 1.96. The summed E-state index contributed by atoms with van der Waals surface area (Å²) in [6.45, 7) is 4.57. The molecule has 3 rings (SSSR count). The van der Waals surface area contributed by atoms with Crippen molar-refractivity contribution in [2.24, 2.45) is 0 Å². The van der Waals surface area contributed by atoms with Crippen LogP contribution in [0.2, 0.25) is 10.2 Å². The number of carbonyl (C=O) groups excluding carboxylic acids is 1. The lowest BCUT2D eigenvalue weighted by Gasteiger charge is -2.09. The molecule has 0 aliphatic carbocycles. The molecule has 2 aromatic heterocycles. The van der Waals surface area contributed by atoms with E-state index in [0.717, 1.165) is 16.5 Å². The highest BCUT2D eigenvalue weighted by Gasteiger charge is 2.20. The smallest absolute Gasteiger partial charge is 0.273 e. The van der Waals surface area contributed by atoms with Gasteiger partial charge in [-0.05, 0) is 49.7 Å². The molecule has 5 nitrogen and oxygen atoms in total. The molecular weight excluding hydrogens is 335 g/mol. The van der Waals surface area contributed by atoms with Gasteiger partial charge in [0.1, 0.15) is 5.69 Å². The second kappa shape index (κ2) is 6.18. The number of benzene rings is 1. The normalized spacial score (nSPS) is 11.0. The van der Waals surface area contributed by atoms with E-state index in [2.05, 4.69) is 15.5 Å². The van der Waals surface area contributed by atoms with E-state index in [9.17, 15) is 4.79 Å². The van der Waals surface area contributed by atoms with Crippen molar-refractivity contribution in [2.45, 2.75) is 20.4 Å². The van der Waals surface area contributed by atoms with Crippen LogP contribution < -0.4 is 5.32 Å². The van der Waals surface area contributed by atoms with E-state index in [1.165, 1.54) is 0 Å². The maximum atomic E-state index is 12.7. The van der Waals surface area contributed by atoms with Crippen molar-refractivity contribution in [3.8, 4) is 0 Å². The molecule has 0 radical (unpaired) electrons. The Hall–Kier alpha value is -2.11. The van der Waals surface area contributed by atoms with Gasteiger partial charge in [-0.2, -0.15) is 0 Å². The van der Waals surface area contributed by atoms with Gasteiger partial charge < -0.3 is 9.88 Å². The number of fused-ring (bicyclic) bond motifs is 1. The van der Waals surface area contributed by atoms with E-state index < -0.39 is 0 Å². The quantitative estimate of drug-likeness (QED) is 0.766. The highest BCUT2D eigenvalue weighted by Crippen LogP contribution is 2.28. The highest BCUT2D eigenvalue weighted by molar-refractivity contribution is 6.31. The van der Waals surface area contributed by atoms with Gasteiger partial charge in [-0.1, -0.05) is 23.2 Å². The van der Waals surface area contributed by atoms with Crippen LogP contribution in [-0.4, -0.2) is 20.7 Å². The third-order valence-electron chi connectivity index (χ3n) is 3.68. The summed E-state index contributed by atoms with van der Waals surface area (Å²) in [5, 5.41) is 12.2. The minimum absolute atomic E-state index is 0.242. The summed E-state index contributed by atoms with van der Waals surface area (Å²) in [6.07, 6.45) is 0. The summed E-state index contributed by atoms with van der Waals surface area (Å²) in [5.74, 6) is 0.109. The summed E-state index contributed by atoms with van der Waals surface area (Å²) in [4.78, 5) is 12.7. The van der Waals surface area contributed by atoms with Crippen molar-refractivity contribution >= 4 is 45.8 Å². The van der Waals surface area contributed by atoms with Crippen LogP contribution in [0.4, 0.5) is 5.82 Å². The Kier molecular flexibility index (Phi) is 4.24. The number of rotatable bonds is 3. The molecule has 0 fully saturated rings. The molecule has 0 aliphatic rings. The summed E-state index contributed by atoms with van der Waals surface area (Å²) >= 11 is 11.8. The SMILES string of the molecule is CCn1c(C(=O)Nc2ccc(Cl)nn2)c(C)c2cc(Cl)ccc21. The molecule has 0 unspecified atom stereocenters. The number of carbonyl (C=O) groups is 1. The molecule has 0 saturated heterocycles. The first-order valence-corrected chi connectivity index (χ1v) is 7.85. The van der Waals surface area contributed by atoms with Gasteiger partial charge in [-0.3, -0.25) is 4.79 Å². The fourth-order valence-corrected chi connectivity index (χ4v) is 2.95. The molecular formula is C16H14Cl2N4O. The topological polar surface area (TPSA) is 59.8 Å². The lowest BCUT2D eigenvalue weighted by molar-refractivity contribution is 0.101. The number of nitrogens with one attached hydrogen (secondary N) is 1. The number of hydrogen-bond donors (Lipinski definition) is 1. The molecule has 118 valence electrons. The minimum Gasteiger partial charge on any atom is -0.337 e. The molecule has 1 aromatic carbocycles. The third-order valence-corrected chi connectivity index (χ3v) is 4.12. The first kappa shape index (κ1) is 15.8. The highest BCUT2D eigenvalue weighted by atomic mass is 35.5. The molecule has 0 aliphatic heterocycles. The van der Waals surface area contributed by atoms with Crippen LogP contribution in [0, 0.1) is 6.92 Å². The molecule has 0 saturated carbocycles. The lowest BCUT2D eigenvalue weighted by Crippen LogP contribution is -2.18. The van der Waals surface area contributed by atoms with Crippen LogP contribution in [0.1, 0.15) is 23.0 Å². The molecule has 0 bridgehead atoms. The van der Waals surface area contributed by atoms with Crippen molar-refractivity contribution in [3.05, 3.63) is 51.8 Å². The first-order valence-electron chi connectivity index (χ1n) is 7.10. The Morgan fingerprint density at radius 3 is 2.65 bits per heavy atom. The van der Waals surface area contributed by atoms with E-state index in [1.54, 1.807) is 12.1 Å². The molecule has 7 heteroatoms. The molecule has 0 spiro atoms. The van der Waals surface area contributed by atoms with E-state index >= 15 is 0 Å². The van der Waals surface area contributed by atoms with Gasteiger partial charge in [0.25, 0.3) is 5.91 Å². The first-order chi connectivity index (χ1) is 11.0. The zero-order chi connectivity index (χ0) is 16.6. The van der Waals surface area contributed by atoms with Gasteiger partial charge in [0.05, 0.1) is 0 Å². The Morgan fingerprint density at radius 2 is 2.00 bits per heavy atom. The van der Waals surface area contributed by atoms with Crippen LogP contribution in [0.3, 0.4) is 0 Å². The van der Waals surface area contributed by atoms with Crippen molar-refractivity contribution in [1.82, 2.24) is 14.8 Å². The van der Waals surface area contributed by atoms with E-state index in [1.807, 2.05) is 36.6 Å². The van der Waals surface area contributed by atoms with Crippen LogP contribution in [0.15, 0.2) is 30.3 Å². The maximum absolute atomic E-state index is 12.7. The van der Waals surface area contributed by atoms with Crippen molar-refractivity contribution in [1.29, 1.82) is 0 Å². The lowest BCUT2D eigenvalue weighted by atomic mass is 10.1. The molecule has 2 heterocycles. The Bertz CT molecular complexity index is 887. The monoisotopic (exact) mass is 348 g/mol. The van der Waals surface area contributed by atoms with Crippen LogP contribution in [-0.2, 0) is 6.54 Å². The number of aromatic nitrogens is 3. The Labute approximate surface area is 143 Å². The molecule has 1 N–H and O–H groups in total. The fourth-order valence-electron chi connectivity index (χ4n) is 2.67. The van der Waals surface area contributed by atoms with E-state index in [0.29, 0.717) is 23.1 Å². The van der Waals surface area contributed by atoms with Gasteiger partial charge in [0.15, 0.2) is 11.0 Å². The van der Waals surface area contributed by atoms with E-state index in [4.69, 9.17) is 23.2 Å². The van der Waals surface area contributed by atoms with Gasteiger partial charge >= 0.3 is 0 Å². The molecule has 0 atom stereocenters. The van der Waals surface area contributed by atoms with Gasteiger partial charge in [0, 0.05) is 22.5 Å². The Morgan fingerprint density at radius 1 is 1.22 bits per heavy atom. The minimum atomic E-state index is -0.242. The second-order valence-electron chi connectivity index (χ2n) is 5.07. The predicted molar refractivity (Wildman–Crippen MR) is 92.4 cm³/mol. The van der Waals surface area contributed by atoms with Crippen molar-refractivity contribution < 1.29 is 4.79 Å². The van der Waals surface area contributed by atoms with Gasteiger partial charge in [-0.15, -0.1) is 10.2 Å². The van der Waals surface area contributed by atoms with Gasteiger partial charge in [-0.25, -0.2) is 0 Å². The number of halogens is 2. The molecule has 3 aromatic rings. The molecule has 1 amide bonds.